The first kappa shape index (κ1) is 15.8. The van der Waals surface area contributed by atoms with Crippen molar-refractivity contribution in [1.82, 2.24) is 10.3 Å². The van der Waals surface area contributed by atoms with Crippen LogP contribution in [-0.4, -0.2) is 37.0 Å². The molecule has 21 heavy (non-hydrogen) atoms. The lowest BCUT2D eigenvalue weighted by molar-refractivity contribution is 0.0953. The summed E-state index contributed by atoms with van der Waals surface area (Å²) in [7, 11) is 0. The average molecular weight is 291 g/mol. The molecule has 1 aromatic rings. The van der Waals surface area contributed by atoms with E-state index in [4.69, 9.17) is 10.6 Å². The topological polar surface area (TPSA) is 67.6 Å². The van der Waals surface area contributed by atoms with E-state index >= 15 is 0 Å². The number of nitrogens with zero attached hydrogens (tertiary/aromatic N) is 1. The Morgan fingerprint density at radius 3 is 2.86 bits per heavy atom. The van der Waals surface area contributed by atoms with Crippen molar-refractivity contribution in [2.24, 2.45) is 11.8 Å². The average Bonchev–Trinajstić information content (AvgIpc) is 2.95. The highest BCUT2D eigenvalue weighted by Gasteiger charge is 2.21. The Hall–Kier alpha value is -1.59. The number of hydrogen-bond acceptors (Lipinski definition) is 4. The number of likely N-dealkylation sites (tertiary alicyclic amines) is 1. The Labute approximate surface area is 126 Å². The van der Waals surface area contributed by atoms with Crippen molar-refractivity contribution in [3.05, 3.63) is 29.8 Å². The number of nitrogens with two attached hydrogens (primary N) is 1. The van der Waals surface area contributed by atoms with Crippen LogP contribution in [0.2, 0.25) is 0 Å². The molecule has 1 fully saturated rings. The van der Waals surface area contributed by atoms with E-state index in [1.165, 1.54) is 32.4 Å². The Morgan fingerprint density at radius 1 is 1.43 bits per heavy atom. The van der Waals surface area contributed by atoms with Gasteiger partial charge in [0.2, 0.25) is 0 Å². The number of benzene rings is 1. The van der Waals surface area contributed by atoms with Gasteiger partial charge in [0.1, 0.15) is 12.4 Å². The lowest BCUT2D eigenvalue weighted by Gasteiger charge is -2.16. The molecule has 1 unspecified atom stereocenters. The Balaban J connectivity index is 1.70. The van der Waals surface area contributed by atoms with E-state index < -0.39 is 0 Å². The number of rotatable bonds is 7. The van der Waals surface area contributed by atoms with E-state index in [1.54, 1.807) is 24.3 Å². The first-order chi connectivity index (χ1) is 10.2. The van der Waals surface area contributed by atoms with Gasteiger partial charge < -0.3 is 4.74 Å². The number of hydrazine groups is 1. The Morgan fingerprint density at radius 2 is 2.19 bits per heavy atom. The minimum Gasteiger partial charge on any atom is -0.492 e. The summed E-state index contributed by atoms with van der Waals surface area (Å²) in [4.78, 5) is 13.8. The van der Waals surface area contributed by atoms with Gasteiger partial charge in [-0.15, -0.1) is 0 Å². The number of nitrogen functional groups attached to an aromatic ring is 1. The van der Waals surface area contributed by atoms with Gasteiger partial charge in [-0.25, -0.2) is 5.84 Å². The standard InChI is InChI=1S/C16H25N3O2/c1-2-3-13-8-9-19(12-13)10-11-21-15-6-4-14(5-7-15)16(20)18-17/h4-7,13H,2-3,8-12,17H2,1H3,(H,18,20). The Kier molecular flexibility index (Phi) is 6.02. The first-order valence-electron chi connectivity index (χ1n) is 7.69. The zero-order valence-electron chi connectivity index (χ0n) is 12.7. The first-order valence-corrected chi connectivity index (χ1v) is 7.69. The molecule has 116 valence electrons. The molecule has 1 aromatic carbocycles. The fraction of sp³-hybridized carbons (Fsp3) is 0.562. The van der Waals surface area contributed by atoms with Crippen LogP contribution in [0.1, 0.15) is 36.5 Å². The lowest BCUT2D eigenvalue weighted by Crippen LogP contribution is -2.29. The molecule has 1 heterocycles. The van der Waals surface area contributed by atoms with E-state index in [9.17, 15) is 4.79 Å². The van der Waals surface area contributed by atoms with Crippen LogP contribution in [-0.2, 0) is 0 Å². The van der Waals surface area contributed by atoms with Crippen molar-refractivity contribution in [3.63, 3.8) is 0 Å². The van der Waals surface area contributed by atoms with E-state index in [0.717, 1.165) is 18.2 Å². The van der Waals surface area contributed by atoms with Crippen LogP contribution in [0, 0.1) is 5.92 Å². The molecular weight excluding hydrogens is 266 g/mol. The second kappa shape index (κ2) is 8.00. The number of nitrogens with one attached hydrogen (secondary N) is 1. The molecule has 0 saturated carbocycles. The van der Waals surface area contributed by atoms with Crippen molar-refractivity contribution in [2.75, 3.05) is 26.2 Å². The van der Waals surface area contributed by atoms with E-state index in [1.807, 2.05) is 0 Å². The second-order valence-corrected chi connectivity index (χ2v) is 5.59. The van der Waals surface area contributed by atoms with Crippen molar-refractivity contribution >= 4 is 5.91 Å². The SMILES string of the molecule is CCCC1CCN(CCOc2ccc(C(=O)NN)cc2)C1. The summed E-state index contributed by atoms with van der Waals surface area (Å²) in [5.74, 6) is 6.45. The quantitative estimate of drug-likeness (QED) is 0.456. The molecule has 1 atom stereocenters. The molecule has 0 radical (unpaired) electrons. The summed E-state index contributed by atoms with van der Waals surface area (Å²) >= 11 is 0. The van der Waals surface area contributed by atoms with Crippen LogP contribution in [0.4, 0.5) is 0 Å². The zero-order valence-corrected chi connectivity index (χ0v) is 12.7. The maximum absolute atomic E-state index is 11.3. The molecule has 5 heteroatoms. The van der Waals surface area contributed by atoms with Crippen molar-refractivity contribution in [3.8, 4) is 5.75 Å². The second-order valence-electron chi connectivity index (χ2n) is 5.59. The van der Waals surface area contributed by atoms with E-state index in [2.05, 4.69) is 17.2 Å². The van der Waals surface area contributed by atoms with Gasteiger partial charge in [-0.1, -0.05) is 13.3 Å². The molecule has 0 aliphatic carbocycles. The summed E-state index contributed by atoms with van der Waals surface area (Å²) in [6.45, 7) is 6.28. The molecule has 0 aromatic heterocycles. The highest BCUT2D eigenvalue weighted by molar-refractivity contribution is 5.93. The van der Waals surface area contributed by atoms with E-state index in [0.29, 0.717) is 12.2 Å². The Bertz CT molecular complexity index is 447. The van der Waals surface area contributed by atoms with Crippen molar-refractivity contribution < 1.29 is 9.53 Å². The number of carbonyl (C=O) groups is 1. The molecule has 3 N–H and O–H groups in total. The summed E-state index contributed by atoms with van der Waals surface area (Å²) < 4.78 is 5.73. The monoisotopic (exact) mass is 291 g/mol. The molecule has 5 nitrogen and oxygen atoms in total. The number of amides is 1. The summed E-state index contributed by atoms with van der Waals surface area (Å²) in [6.07, 6.45) is 3.93. The number of ether oxygens (including phenoxy) is 1. The minimum atomic E-state index is -0.291. The maximum Gasteiger partial charge on any atom is 0.265 e. The molecule has 1 saturated heterocycles. The van der Waals surface area contributed by atoms with Gasteiger partial charge in [0.15, 0.2) is 0 Å². The molecule has 0 spiro atoms. The summed E-state index contributed by atoms with van der Waals surface area (Å²) in [6, 6.07) is 7.03. The van der Waals surface area contributed by atoms with Gasteiger partial charge >= 0.3 is 0 Å². The van der Waals surface area contributed by atoms with Gasteiger partial charge in [0.05, 0.1) is 0 Å². The fourth-order valence-corrected chi connectivity index (χ4v) is 2.84. The summed E-state index contributed by atoms with van der Waals surface area (Å²) in [5.41, 5.74) is 2.64. The van der Waals surface area contributed by atoms with Crippen LogP contribution in [0.5, 0.6) is 5.75 Å². The van der Waals surface area contributed by atoms with Gasteiger partial charge in [-0.2, -0.15) is 0 Å². The maximum atomic E-state index is 11.3. The van der Waals surface area contributed by atoms with E-state index in [-0.39, 0.29) is 5.91 Å². The van der Waals surface area contributed by atoms with Gasteiger partial charge in [-0.05, 0) is 49.6 Å². The number of carbonyl (C=O) groups excluding carboxylic acids is 1. The third-order valence-electron chi connectivity index (χ3n) is 3.99. The highest BCUT2D eigenvalue weighted by Crippen LogP contribution is 2.20. The van der Waals surface area contributed by atoms with Crippen molar-refractivity contribution in [2.45, 2.75) is 26.2 Å². The number of hydrogen-bond donors (Lipinski definition) is 2. The van der Waals surface area contributed by atoms with Crippen LogP contribution in [0.15, 0.2) is 24.3 Å². The predicted molar refractivity (Wildman–Crippen MR) is 83.0 cm³/mol. The molecular formula is C16H25N3O2. The van der Waals surface area contributed by atoms with Gasteiger partial charge in [-0.3, -0.25) is 15.1 Å². The molecule has 2 rings (SSSR count). The minimum absolute atomic E-state index is 0.291. The fourth-order valence-electron chi connectivity index (χ4n) is 2.84. The van der Waals surface area contributed by atoms with Crippen molar-refractivity contribution in [1.29, 1.82) is 0 Å². The van der Waals surface area contributed by atoms with Gasteiger partial charge in [0.25, 0.3) is 5.91 Å². The molecule has 1 amide bonds. The lowest BCUT2D eigenvalue weighted by atomic mass is 10.0. The molecule has 1 aliphatic heterocycles. The van der Waals surface area contributed by atoms with Crippen LogP contribution < -0.4 is 16.0 Å². The highest BCUT2D eigenvalue weighted by atomic mass is 16.5. The third kappa shape index (κ3) is 4.72. The molecule has 1 aliphatic rings. The predicted octanol–water partition coefficient (Wildman–Crippen LogP) is 1.79. The zero-order chi connectivity index (χ0) is 15.1. The van der Waals surface area contributed by atoms with Gasteiger partial charge in [0, 0.05) is 18.7 Å². The summed E-state index contributed by atoms with van der Waals surface area (Å²) in [5, 5.41) is 0. The normalized spacial score (nSPS) is 18.7. The third-order valence-corrected chi connectivity index (χ3v) is 3.99. The van der Waals surface area contributed by atoms with Crippen LogP contribution in [0.3, 0.4) is 0 Å². The molecule has 0 bridgehead atoms. The largest absolute Gasteiger partial charge is 0.492 e. The van der Waals surface area contributed by atoms with Crippen LogP contribution >= 0.6 is 0 Å². The van der Waals surface area contributed by atoms with Crippen LogP contribution in [0.25, 0.3) is 0 Å². The smallest absolute Gasteiger partial charge is 0.265 e.